The Morgan fingerprint density at radius 1 is 1.11 bits per heavy atom. The zero-order valence-corrected chi connectivity index (χ0v) is 12.6. The molecule has 0 radical (unpaired) electrons. The molecule has 19 heavy (non-hydrogen) atoms. The van der Waals surface area contributed by atoms with Crippen molar-refractivity contribution in [2.75, 3.05) is 26.4 Å². The molecule has 112 valence electrons. The number of hydrogen-bond donors (Lipinski definition) is 1. The summed E-state index contributed by atoms with van der Waals surface area (Å²) in [5, 5.41) is 3.73. The number of hydrogen-bond acceptors (Lipinski definition) is 3. The van der Waals surface area contributed by atoms with E-state index in [9.17, 15) is 0 Å². The van der Waals surface area contributed by atoms with Gasteiger partial charge in [-0.1, -0.05) is 39.0 Å². The van der Waals surface area contributed by atoms with Gasteiger partial charge in [-0.15, -0.1) is 0 Å². The Morgan fingerprint density at radius 3 is 2.74 bits per heavy atom. The first kappa shape index (κ1) is 15.3. The molecule has 3 heteroatoms. The Hall–Kier alpha value is -0.120. The molecule has 0 aromatic heterocycles. The van der Waals surface area contributed by atoms with Crippen LogP contribution in [-0.4, -0.2) is 38.0 Å². The molecule has 2 heterocycles. The van der Waals surface area contributed by atoms with E-state index in [-0.39, 0.29) is 5.60 Å². The van der Waals surface area contributed by atoms with Crippen molar-refractivity contribution in [3.05, 3.63) is 0 Å². The van der Waals surface area contributed by atoms with Gasteiger partial charge in [0.15, 0.2) is 0 Å². The second-order valence-electron chi connectivity index (χ2n) is 6.25. The van der Waals surface area contributed by atoms with E-state index in [0.717, 1.165) is 39.1 Å². The minimum atomic E-state index is 0.0526. The van der Waals surface area contributed by atoms with Gasteiger partial charge in [-0.3, -0.25) is 0 Å². The molecule has 2 unspecified atom stereocenters. The lowest BCUT2D eigenvalue weighted by Gasteiger charge is -2.37. The molecule has 1 spiro atoms. The molecular formula is C16H31NO2. The third-order valence-corrected chi connectivity index (χ3v) is 4.52. The van der Waals surface area contributed by atoms with Crippen LogP contribution in [0.4, 0.5) is 0 Å². The van der Waals surface area contributed by atoms with E-state index >= 15 is 0 Å². The van der Waals surface area contributed by atoms with Crippen LogP contribution in [0.2, 0.25) is 0 Å². The maximum absolute atomic E-state index is 5.96. The third kappa shape index (κ3) is 5.05. The molecule has 2 aliphatic heterocycles. The second-order valence-corrected chi connectivity index (χ2v) is 6.25. The van der Waals surface area contributed by atoms with Gasteiger partial charge in [0.1, 0.15) is 0 Å². The fourth-order valence-electron chi connectivity index (χ4n) is 3.28. The first-order valence-electron chi connectivity index (χ1n) is 8.30. The van der Waals surface area contributed by atoms with Gasteiger partial charge in [-0.05, 0) is 25.8 Å². The molecule has 2 rings (SSSR count). The van der Waals surface area contributed by atoms with Gasteiger partial charge in [-0.2, -0.15) is 0 Å². The predicted octanol–water partition coefficient (Wildman–Crippen LogP) is 3.27. The van der Waals surface area contributed by atoms with Crippen LogP contribution in [-0.2, 0) is 9.47 Å². The standard InChI is InChI=1S/C16H31NO2/c1-2-3-4-5-6-7-10-17-15-8-11-19-16(13-15)9-12-18-14-16/h15,17H,2-14H2,1H3. The maximum Gasteiger partial charge on any atom is 0.0951 e. The zero-order chi connectivity index (χ0) is 13.4. The molecule has 0 aliphatic carbocycles. The Bertz CT molecular complexity index is 239. The topological polar surface area (TPSA) is 30.5 Å². The van der Waals surface area contributed by atoms with Crippen LogP contribution in [0, 0.1) is 0 Å². The van der Waals surface area contributed by atoms with Crippen molar-refractivity contribution < 1.29 is 9.47 Å². The molecule has 0 amide bonds. The summed E-state index contributed by atoms with van der Waals surface area (Å²) in [5.74, 6) is 0. The number of unbranched alkanes of at least 4 members (excludes halogenated alkanes) is 5. The minimum Gasteiger partial charge on any atom is -0.378 e. The van der Waals surface area contributed by atoms with Crippen molar-refractivity contribution >= 4 is 0 Å². The zero-order valence-electron chi connectivity index (χ0n) is 12.6. The molecule has 0 saturated carbocycles. The summed E-state index contributed by atoms with van der Waals surface area (Å²) in [6.07, 6.45) is 11.6. The highest BCUT2D eigenvalue weighted by Gasteiger charge is 2.40. The minimum absolute atomic E-state index is 0.0526. The SMILES string of the molecule is CCCCCCCCNC1CCOC2(CCOC2)C1. The summed E-state index contributed by atoms with van der Waals surface area (Å²) in [6, 6.07) is 0.645. The third-order valence-electron chi connectivity index (χ3n) is 4.52. The summed E-state index contributed by atoms with van der Waals surface area (Å²) < 4.78 is 11.5. The molecule has 1 N–H and O–H groups in total. The van der Waals surface area contributed by atoms with Crippen molar-refractivity contribution in [1.29, 1.82) is 0 Å². The highest BCUT2D eigenvalue weighted by molar-refractivity contribution is 4.92. The van der Waals surface area contributed by atoms with Crippen LogP contribution in [0.1, 0.15) is 64.7 Å². The van der Waals surface area contributed by atoms with E-state index in [2.05, 4.69) is 12.2 Å². The molecule has 0 aromatic carbocycles. The van der Waals surface area contributed by atoms with Crippen LogP contribution in [0.25, 0.3) is 0 Å². The Morgan fingerprint density at radius 2 is 1.95 bits per heavy atom. The molecule has 2 fully saturated rings. The molecule has 2 atom stereocenters. The fraction of sp³-hybridized carbons (Fsp3) is 1.00. The van der Waals surface area contributed by atoms with E-state index in [4.69, 9.17) is 9.47 Å². The smallest absolute Gasteiger partial charge is 0.0951 e. The molecule has 0 aromatic rings. The summed E-state index contributed by atoms with van der Waals surface area (Å²) >= 11 is 0. The first-order chi connectivity index (χ1) is 9.35. The second kappa shape index (κ2) is 8.23. The molecule has 2 saturated heterocycles. The Balaban J connectivity index is 1.53. The molecule has 2 aliphatic rings. The van der Waals surface area contributed by atoms with Crippen LogP contribution >= 0.6 is 0 Å². The summed E-state index contributed by atoms with van der Waals surface area (Å²) in [7, 11) is 0. The van der Waals surface area contributed by atoms with Gasteiger partial charge in [0.25, 0.3) is 0 Å². The van der Waals surface area contributed by atoms with Crippen LogP contribution in [0.3, 0.4) is 0 Å². The van der Waals surface area contributed by atoms with Gasteiger partial charge >= 0.3 is 0 Å². The maximum atomic E-state index is 5.96. The van der Waals surface area contributed by atoms with Gasteiger partial charge in [0, 0.05) is 25.7 Å². The first-order valence-corrected chi connectivity index (χ1v) is 8.30. The monoisotopic (exact) mass is 269 g/mol. The van der Waals surface area contributed by atoms with Crippen molar-refractivity contribution in [3.63, 3.8) is 0 Å². The van der Waals surface area contributed by atoms with Crippen molar-refractivity contribution in [2.45, 2.75) is 76.4 Å². The summed E-state index contributed by atoms with van der Waals surface area (Å²) in [6.45, 7) is 6.03. The number of rotatable bonds is 8. The van der Waals surface area contributed by atoms with Gasteiger partial charge in [0.05, 0.1) is 12.2 Å². The largest absolute Gasteiger partial charge is 0.378 e. The molecule has 3 nitrogen and oxygen atoms in total. The van der Waals surface area contributed by atoms with Crippen molar-refractivity contribution in [1.82, 2.24) is 5.32 Å². The lowest BCUT2D eigenvalue weighted by molar-refractivity contribution is -0.0892. The Labute approximate surface area is 118 Å². The van der Waals surface area contributed by atoms with Gasteiger partial charge < -0.3 is 14.8 Å². The van der Waals surface area contributed by atoms with E-state index in [1.54, 1.807) is 0 Å². The van der Waals surface area contributed by atoms with E-state index in [1.807, 2.05) is 0 Å². The highest BCUT2D eigenvalue weighted by Crippen LogP contribution is 2.32. The number of ether oxygens (including phenoxy) is 2. The van der Waals surface area contributed by atoms with Crippen molar-refractivity contribution in [2.24, 2.45) is 0 Å². The average molecular weight is 269 g/mol. The number of nitrogens with one attached hydrogen (secondary N) is 1. The normalized spacial score (nSPS) is 31.1. The summed E-state index contributed by atoms with van der Waals surface area (Å²) in [5.41, 5.74) is 0.0526. The van der Waals surface area contributed by atoms with E-state index in [0.29, 0.717) is 6.04 Å². The lowest BCUT2D eigenvalue weighted by Crippen LogP contribution is -2.47. The fourth-order valence-corrected chi connectivity index (χ4v) is 3.28. The van der Waals surface area contributed by atoms with Crippen LogP contribution < -0.4 is 5.32 Å². The molecule has 0 bridgehead atoms. The average Bonchev–Trinajstić information content (AvgIpc) is 2.86. The lowest BCUT2D eigenvalue weighted by atomic mass is 9.89. The quantitative estimate of drug-likeness (QED) is 0.686. The van der Waals surface area contributed by atoms with Gasteiger partial charge in [-0.25, -0.2) is 0 Å². The Kier molecular flexibility index (Phi) is 6.62. The van der Waals surface area contributed by atoms with E-state index in [1.165, 1.54) is 45.1 Å². The van der Waals surface area contributed by atoms with Gasteiger partial charge in [0.2, 0.25) is 0 Å². The van der Waals surface area contributed by atoms with Crippen molar-refractivity contribution in [3.8, 4) is 0 Å². The van der Waals surface area contributed by atoms with Crippen LogP contribution in [0.15, 0.2) is 0 Å². The highest BCUT2D eigenvalue weighted by atomic mass is 16.6. The predicted molar refractivity (Wildman–Crippen MR) is 78.5 cm³/mol. The molecular weight excluding hydrogens is 238 g/mol. The van der Waals surface area contributed by atoms with Crippen LogP contribution in [0.5, 0.6) is 0 Å². The van der Waals surface area contributed by atoms with E-state index < -0.39 is 0 Å². The summed E-state index contributed by atoms with van der Waals surface area (Å²) in [4.78, 5) is 0.